The second-order valence-corrected chi connectivity index (χ2v) is 9.67. The molecule has 0 aliphatic carbocycles. The maximum Gasteiger partial charge on any atom is 0.155 e. The van der Waals surface area contributed by atoms with Crippen molar-refractivity contribution in [3.05, 3.63) is 62.6 Å². The summed E-state index contributed by atoms with van der Waals surface area (Å²) in [5, 5.41) is 0. The number of fused-ring (bicyclic) bond motifs is 1. The highest BCUT2D eigenvalue weighted by Gasteiger charge is 2.22. The standard InChI is InChI=1S/C28H33IN4O5/c1-7-38-16-24-31-26-25(29)17(2)30-28(27(26)32-24)33(14-18-8-10-20(34-3)12-22(18)36-5)15-19-9-11-21(35-4)13-23(19)37-6/h8-13H,7,14-16H2,1-6H3,(H,31,32). The van der Waals surface area contributed by atoms with Crippen LogP contribution in [-0.4, -0.2) is 50.0 Å². The van der Waals surface area contributed by atoms with Crippen LogP contribution in [0.4, 0.5) is 5.82 Å². The van der Waals surface area contributed by atoms with Crippen molar-refractivity contribution in [3.8, 4) is 23.0 Å². The number of nitrogens with zero attached hydrogens (tertiary/aromatic N) is 3. The molecule has 10 heteroatoms. The first kappa shape index (κ1) is 27.8. The number of imidazole rings is 1. The van der Waals surface area contributed by atoms with E-state index in [9.17, 15) is 0 Å². The van der Waals surface area contributed by atoms with Crippen LogP contribution in [0.5, 0.6) is 23.0 Å². The van der Waals surface area contributed by atoms with Gasteiger partial charge in [0.05, 0.1) is 37.7 Å². The van der Waals surface area contributed by atoms with Crippen LogP contribution in [0.1, 0.15) is 29.6 Å². The van der Waals surface area contributed by atoms with E-state index in [-0.39, 0.29) is 0 Å². The minimum Gasteiger partial charge on any atom is -0.497 e. The summed E-state index contributed by atoms with van der Waals surface area (Å²) in [5.41, 5.74) is 4.60. The van der Waals surface area contributed by atoms with Crippen LogP contribution in [-0.2, 0) is 24.4 Å². The molecule has 9 nitrogen and oxygen atoms in total. The number of hydrogen-bond donors (Lipinski definition) is 1. The van der Waals surface area contributed by atoms with Crippen LogP contribution >= 0.6 is 22.6 Å². The molecular formula is C28H33IN4O5. The van der Waals surface area contributed by atoms with E-state index in [4.69, 9.17) is 33.7 Å². The predicted molar refractivity (Wildman–Crippen MR) is 156 cm³/mol. The highest BCUT2D eigenvalue weighted by atomic mass is 127. The number of pyridine rings is 1. The summed E-state index contributed by atoms with van der Waals surface area (Å²) in [7, 11) is 6.61. The van der Waals surface area contributed by atoms with Gasteiger partial charge in [0.15, 0.2) is 5.82 Å². The van der Waals surface area contributed by atoms with Crippen molar-refractivity contribution in [2.75, 3.05) is 39.9 Å². The number of aryl methyl sites for hydroxylation is 1. The van der Waals surface area contributed by atoms with Crippen molar-refractivity contribution < 1.29 is 23.7 Å². The Balaban J connectivity index is 1.86. The molecule has 2 aromatic carbocycles. The molecule has 0 bridgehead atoms. The zero-order chi connectivity index (χ0) is 27.2. The van der Waals surface area contributed by atoms with Crippen LogP contribution < -0.4 is 23.8 Å². The van der Waals surface area contributed by atoms with Crippen LogP contribution in [0.15, 0.2) is 36.4 Å². The molecule has 0 spiro atoms. The van der Waals surface area contributed by atoms with E-state index in [1.807, 2.05) is 50.2 Å². The Hall–Kier alpha value is -3.25. The van der Waals surface area contributed by atoms with Gasteiger partial charge in [0.1, 0.15) is 46.5 Å². The topological polar surface area (TPSA) is 91.0 Å². The Kier molecular flexibility index (Phi) is 9.16. The number of aromatic amines is 1. The SMILES string of the molecule is CCOCc1nc2c(I)c(C)nc(N(Cc3ccc(OC)cc3OC)Cc3ccc(OC)cc3OC)c2[nH]1. The molecule has 0 saturated heterocycles. The molecule has 1 N–H and O–H groups in total. The number of ether oxygens (including phenoxy) is 5. The normalized spacial score (nSPS) is 11.0. The van der Waals surface area contributed by atoms with Gasteiger partial charge >= 0.3 is 0 Å². The molecule has 4 aromatic rings. The van der Waals surface area contributed by atoms with Crippen molar-refractivity contribution in [3.63, 3.8) is 0 Å². The number of halogens is 1. The van der Waals surface area contributed by atoms with E-state index in [2.05, 4.69) is 32.5 Å². The summed E-state index contributed by atoms with van der Waals surface area (Å²) in [4.78, 5) is 15.5. The lowest BCUT2D eigenvalue weighted by molar-refractivity contribution is 0.129. The van der Waals surface area contributed by atoms with Crippen LogP contribution in [0.25, 0.3) is 11.0 Å². The van der Waals surface area contributed by atoms with Gasteiger partial charge in [-0.15, -0.1) is 0 Å². The molecular weight excluding hydrogens is 599 g/mol. The molecule has 0 fully saturated rings. The van der Waals surface area contributed by atoms with Gasteiger partial charge in [-0.05, 0) is 60.7 Å². The lowest BCUT2D eigenvalue weighted by Gasteiger charge is -2.27. The third-order valence-corrected chi connectivity index (χ3v) is 7.52. The summed E-state index contributed by atoms with van der Waals surface area (Å²) in [6, 6.07) is 11.7. The zero-order valence-electron chi connectivity index (χ0n) is 22.6. The van der Waals surface area contributed by atoms with E-state index in [1.165, 1.54) is 0 Å². The lowest BCUT2D eigenvalue weighted by Crippen LogP contribution is -2.24. The van der Waals surface area contributed by atoms with Gasteiger partial charge in [0, 0.05) is 43.0 Å². The van der Waals surface area contributed by atoms with E-state index in [1.54, 1.807) is 28.4 Å². The second-order valence-electron chi connectivity index (χ2n) is 8.59. The molecule has 0 aliphatic rings. The van der Waals surface area contributed by atoms with E-state index >= 15 is 0 Å². The zero-order valence-corrected chi connectivity index (χ0v) is 24.7. The Morgan fingerprint density at radius 2 is 1.42 bits per heavy atom. The number of rotatable bonds is 12. The third-order valence-electron chi connectivity index (χ3n) is 6.23. The van der Waals surface area contributed by atoms with Gasteiger partial charge in [-0.2, -0.15) is 0 Å². The minimum absolute atomic E-state index is 0.401. The minimum atomic E-state index is 0.401. The van der Waals surface area contributed by atoms with E-state index in [0.717, 1.165) is 66.1 Å². The molecule has 0 saturated carbocycles. The number of aromatic nitrogens is 3. The lowest BCUT2D eigenvalue weighted by atomic mass is 10.1. The molecule has 0 radical (unpaired) electrons. The number of benzene rings is 2. The summed E-state index contributed by atoms with van der Waals surface area (Å²) >= 11 is 2.31. The van der Waals surface area contributed by atoms with E-state index < -0.39 is 0 Å². The highest BCUT2D eigenvalue weighted by Crippen LogP contribution is 2.35. The van der Waals surface area contributed by atoms with E-state index in [0.29, 0.717) is 26.3 Å². The first-order valence-corrected chi connectivity index (χ1v) is 13.3. The van der Waals surface area contributed by atoms with Gasteiger partial charge in [-0.25, -0.2) is 9.97 Å². The molecule has 38 heavy (non-hydrogen) atoms. The van der Waals surface area contributed by atoms with Crippen LogP contribution in [0, 0.1) is 10.5 Å². The van der Waals surface area contributed by atoms with Gasteiger partial charge in [0.25, 0.3) is 0 Å². The molecule has 0 amide bonds. The number of anilines is 1. The Labute approximate surface area is 236 Å². The summed E-state index contributed by atoms with van der Waals surface area (Å²) in [6.45, 7) is 6.02. The molecule has 2 aromatic heterocycles. The molecule has 0 atom stereocenters. The Bertz CT molecular complexity index is 1350. The molecule has 4 rings (SSSR count). The van der Waals surface area contributed by atoms with Gasteiger partial charge < -0.3 is 33.6 Å². The molecule has 2 heterocycles. The maximum absolute atomic E-state index is 5.72. The first-order valence-electron chi connectivity index (χ1n) is 12.2. The maximum atomic E-state index is 5.72. The van der Waals surface area contributed by atoms with Gasteiger partial charge in [-0.3, -0.25) is 0 Å². The van der Waals surface area contributed by atoms with Gasteiger partial charge in [-0.1, -0.05) is 0 Å². The third kappa shape index (κ3) is 5.91. The average Bonchev–Trinajstić information content (AvgIpc) is 3.38. The average molecular weight is 632 g/mol. The van der Waals surface area contributed by atoms with Crippen molar-refractivity contribution in [1.82, 2.24) is 15.0 Å². The summed E-state index contributed by atoms with van der Waals surface area (Å²) in [6.07, 6.45) is 0. The number of hydrogen-bond acceptors (Lipinski definition) is 8. The van der Waals surface area contributed by atoms with Crippen LogP contribution in [0.2, 0.25) is 0 Å². The first-order chi connectivity index (χ1) is 18.4. The number of nitrogens with one attached hydrogen (secondary N) is 1. The quantitative estimate of drug-likeness (QED) is 0.201. The van der Waals surface area contributed by atoms with Crippen molar-refractivity contribution in [2.45, 2.75) is 33.5 Å². The van der Waals surface area contributed by atoms with Gasteiger partial charge in [0.2, 0.25) is 0 Å². The fourth-order valence-corrected chi connectivity index (χ4v) is 4.77. The van der Waals surface area contributed by atoms with Crippen molar-refractivity contribution in [1.29, 1.82) is 0 Å². The second kappa shape index (κ2) is 12.5. The van der Waals surface area contributed by atoms with Crippen molar-refractivity contribution >= 4 is 39.4 Å². The number of methoxy groups -OCH3 is 4. The fourth-order valence-electron chi connectivity index (χ4n) is 4.26. The monoisotopic (exact) mass is 632 g/mol. The van der Waals surface area contributed by atoms with Crippen molar-refractivity contribution in [2.24, 2.45) is 0 Å². The van der Waals surface area contributed by atoms with Crippen LogP contribution in [0.3, 0.4) is 0 Å². The number of H-pyrrole nitrogens is 1. The molecule has 0 aliphatic heterocycles. The molecule has 0 unspecified atom stereocenters. The summed E-state index contributed by atoms with van der Waals surface area (Å²) in [5.74, 6) is 4.47. The largest absolute Gasteiger partial charge is 0.497 e. The molecule has 202 valence electrons. The highest BCUT2D eigenvalue weighted by molar-refractivity contribution is 14.1. The predicted octanol–water partition coefficient (Wildman–Crippen LogP) is 5.65. The Morgan fingerprint density at radius 3 is 1.92 bits per heavy atom. The fraction of sp³-hybridized carbons (Fsp3) is 0.357. The Morgan fingerprint density at radius 1 is 0.842 bits per heavy atom. The smallest absolute Gasteiger partial charge is 0.155 e. The summed E-state index contributed by atoms with van der Waals surface area (Å²) < 4.78 is 28.9.